The van der Waals surface area contributed by atoms with Crippen LogP contribution in [0.5, 0.6) is 5.75 Å². The largest absolute Gasteiger partial charge is 0.493 e. The highest BCUT2D eigenvalue weighted by Gasteiger charge is 2.05. The summed E-state index contributed by atoms with van der Waals surface area (Å²) < 4.78 is 17.8. The van der Waals surface area contributed by atoms with E-state index in [0.717, 1.165) is 5.56 Å². The van der Waals surface area contributed by atoms with Crippen LogP contribution < -0.4 is 10.1 Å². The van der Waals surface area contributed by atoms with E-state index in [2.05, 4.69) is 10.3 Å². The molecule has 1 heterocycles. The van der Waals surface area contributed by atoms with E-state index in [9.17, 15) is 9.18 Å². The maximum absolute atomic E-state index is 12.7. The molecule has 0 saturated heterocycles. The number of methoxy groups -OCH3 is 1. The van der Waals surface area contributed by atoms with Crippen LogP contribution in [0.15, 0.2) is 48.7 Å². The molecule has 0 atom stereocenters. The first-order chi connectivity index (χ1) is 9.69. The minimum absolute atomic E-state index is 0.315. The molecule has 0 radical (unpaired) electrons. The van der Waals surface area contributed by atoms with Gasteiger partial charge in [-0.15, -0.1) is 0 Å². The van der Waals surface area contributed by atoms with E-state index in [1.54, 1.807) is 36.5 Å². The Kier molecular flexibility index (Phi) is 4.44. The molecule has 5 heteroatoms. The van der Waals surface area contributed by atoms with Crippen molar-refractivity contribution in [1.29, 1.82) is 0 Å². The molecule has 0 aliphatic carbocycles. The number of pyridine rings is 1. The molecule has 0 spiro atoms. The minimum Gasteiger partial charge on any atom is -0.493 e. The molecule has 0 aliphatic rings. The zero-order chi connectivity index (χ0) is 14.4. The highest BCUT2D eigenvalue weighted by atomic mass is 19.1. The number of hydrogen-bond acceptors (Lipinski definition) is 3. The summed E-state index contributed by atoms with van der Waals surface area (Å²) >= 11 is 0. The molecule has 1 aromatic carbocycles. The average Bonchev–Trinajstić information content (AvgIpc) is 2.47. The Morgan fingerprint density at radius 1 is 1.30 bits per heavy atom. The van der Waals surface area contributed by atoms with Gasteiger partial charge < -0.3 is 10.1 Å². The quantitative estimate of drug-likeness (QED) is 0.871. The average molecular weight is 272 g/mol. The summed E-state index contributed by atoms with van der Waals surface area (Å²) in [5.74, 6) is 0.177. The molecule has 2 rings (SSSR count). The zero-order valence-electron chi connectivity index (χ0n) is 10.8. The number of aromatic nitrogens is 1. The number of halogens is 1. The highest BCUT2D eigenvalue weighted by molar-refractivity contribution is 6.02. The molecule has 0 fully saturated rings. The number of amides is 1. The standard InChI is InChI=1S/C15H13FN2O2/c1-20-13-3-2-10-17-15(13)18-14(19)9-6-11-4-7-12(16)8-5-11/h2-10H,1H3,(H,17,18,19)/b9-6+. The summed E-state index contributed by atoms with van der Waals surface area (Å²) in [5.41, 5.74) is 0.731. The number of rotatable bonds is 4. The van der Waals surface area contributed by atoms with Crippen LogP contribution in [0.3, 0.4) is 0 Å². The van der Waals surface area contributed by atoms with E-state index < -0.39 is 0 Å². The lowest BCUT2D eigenvalue weighted by molar-refractivity contribution is -0.111. The third kappa shape index (κ3) is 3.65. The van der Waals surface area contributed by atoms with Crippen LogP contribution in [-0.4, -0.2) is 18.0 Å². The number of carbonyl (C=O) groups excluding carboxylic acids is 1. The topological polar surface area (TPSA) is 51.2 Å². The first-order valence-corrected chi connectivity index (χ1v) is 5.92. The van der Waals surface area contributed by atoms with E-state index in [1.807, 2.05) is 0 Å². The van der Waals surface area contributed by atoms with Gasteiger partial charge in [0, 0.05) is 12.3 Å². The molecule has 2 aromatic rings. The van der Waals surface area contributed by atoms with Gasteiger partial charge in [-0.05, 0) is 35.9 Å². The second-order valence-corrected chi connectivity index (χ2v) is 3.93. The molecule has 0 aliphatic heterocycles. The molecular formula is C15H13FN2O2. The first kappa shape index (κ1) is 13.7. The van der Waals surface area contributed by atoms with Gasteiger partial charge in [0.15, 0.2) is 11.6 Å². The van der Waals surface area contributed by atoms with Crippen molar-refractivity contribution in [3.8, 4) is 5.75 Å². The van der Waals surface area contributed by atoms with E-state index in [0.29, 0.717) is 11.6 Å². The smallest absolute Gasteiger partial charge is 0.249 e. The van der Waals surface area contributed by atoms with Crippen LogP contribution in [0, 0.1) is 5.82 Å². The summed E-state index contributed by atoms with van der Waals surface area (Å²) in [7, 11) is 1.50. The number of carbonyl (C=O) groups is 1. The number of benzene rings is 1. The Bertz CT molecular complexity index is 624. The molecule has 1 N–H and O–H groups in total. The SMILES string of the molecule is COc1cccnc1NC(=O)/C=C/c1ccc(F)cc1. The predicted octanol–water partition coefficient (Wildman–Crippen LogP) is 2.88. The van der Waals surface area contributed by atoms with Crippen molar-refractivity contribution in [1.82, 2.24) is 4.98 Å². The summed E-state index contributed by atoms with van der Waals surface area (Å²) in [6, 6.07) is 9.24. The Labute approximate surface area is 115 Å². The number of nitrogens with zero attached hydrogens (tertiary/aromatic N) is 1. The van der Waals surface area contributed by atoms with Gasteiger partial charge in [0.25, 0.3) is 0 Å². The molecule has 0 unspecified atom stereocenters. The second-order valence-electron chi connectivity index (χ2n) is 3.93. The second kappa shape index (κ2) is 6.47. The lowest BCUT2D eigenvalue weighted by Gasteiger charge is -2.06. The predicted molar refractivity (Wildman–Crippen MR) is 74.9 cm³/mol. The normalized spacial score (nSPS) is 10.5. The van der Waals surface area contributed by atoms with Crippen molar-refractivity contribution in [2.45, 2.75) is 0 Å². The lowest BCUT2D eigenvalue weighted by Crippen LogP contribution is -2.10. The van der Waals surface area contributed by atoms with Gasteiger partial charge in [-0.2, -0.15) is 0 Å². The summed E-state index contributed by atoms with van der Waals surface area (Å²) in [6.07, 6.45) is 4.49. The molecule has 102 valence electrons. The van der Waals surface area contributed by atoms with Crippen molar-refractivity contribution in [3.05, 3.63) is 60.1 Å². The molecule has 0 bridgehead atoms. The third-order valence-corrected chi connectivity index (χ3v) is 2.53. The van der Waals surface area contributed by atoms with Gasteiger partial charge >= 0.3 is 0 Å². The van der Waals surface area contributed by atoms with Crippen LogP contribution >= 0.6 is 0 Å². The van der Waals surface area contributed by atoms with Crippen molar-refractivity contribution in [2.24, 2.45) is 0 Å². The molecular weight excluding hydrogens is 259 g/mol. The lowest BCUT2D eigenvalue weighted by atomic mass is 10.2. The van der Waals surface area contributed by atoms with Crippen molar-refractivity contribution < 1.29 is 13.9 Å². The zero-order valence-corrected chi connectivity index (χ0v) is 10.8. The minimum atomic E-state index is -0.341. The maximum Gasteiger partial charge on any atom is 0.249 e. The molecule has 20 heavy (non-hydrogen) atoms. The van der Waals surface area contributed by atoms with Gasteiger partial charge in [-0.1, -0.05) is 12.1 Å². The van der Waals surface area contributed by atoms with E-state index in [-0.39, 0.29) is 11.7 Å². The van der Waals surface area contributed by atoms with Gasteiger partial charge in [-0.25, -0.2) is 9.37 Å². The van der Waals surface area contributed by atoms with Crippen LogP contribution in [0.4, 0.5) is 10.2 Å². The fourth-order valence-corrected chi connectivity index (χ4v) is 1.55. The fourth-order valence-electron chi connectivity index (χ4n) is 1.55. The highest BCUT2D eigenvalue weighted by Crippen LogP contribution is 2.19. The maximum atomic E-state index is 12.7. The van der Waals surface area contributed by atoms with Gasteiger partial charge in [-0.3, -0.25) is 4.79 Å². The summed E-state index contributed by atoms with van der Waals surface area (Å²) in [4.78, 5) is 15.8. The van der Waals surface area contributed by atoms with E-state index in [1.165, 1.54) is 25.3 Å². The van der Waals surface area contributed by atoms with Crippen LogP contribution in [0.1, 0.15) is 5.56 Å². The number of nitrogens with one attached hydrogen (secondary N) is 1. The Balaban J connectivity index is 2.03. The van der Waals surface area contributed by atoms with Crippen LogP contribution in [0.2, 0.25) is 0 Å². The summed E-state index contributed by atoms with van der Waals surface area (Å²) in [6.45, 7) is 0. The molecule has 0 saturated carbocycles. The fraction of sp³-hybridized carbons (Fsp3) is 0.0667. The molecule has 4 nitrogen and oxygen atoms in total. The van der Waals surface area contributed by atoms with Crippen LogP contribution in [-0.2, 0) is 4.79 Å². The molecule has 1 amide bonds. The number of ether oxygens (including phenoxy) is 1. The van der Waals surface area contributed by atoms with Gasteiger partial charge in [0.2, 0.25) is 5.91 Å². The van der Waals surface area contributed by atoms with Gasteiger partial charge in [0.1, 0.15) is 5.82 Å². The number of anilines is 1. The van der Waals surface area contributed by atoms with Gasteiger partial charge in [0.05, 0.1) is 7.11 Å². The monoisotopic (exact) mass is 272 g/mol. The van der Waals surface area contributed by atoms with Crippen molar-refractivity contribution >= 4 is 17.8 Å². The first-order valence-electron chi connectivity index (χ1n) is 5.92. The van der Waals surface area contributed by atoms with Crippen LogP contribution in [0.25, 0.3) is 6.08 Å². The van der Waals surface area contributed by atoms with E-state index in [4.69, 9.17) is 4.74 Å². The Hall–Kier alpha value is -2.69. The summed E-state index contributed by atoms with van der Waals surface area (Å²) in [5, 5.41) is 2.61. The molecule has 1 aromatic heterocycles. The Morgan fingerprint density at radius 3 is 2.75 bits per heavy atom. The Morgan fingerprint density at radius 2 is 2.05 bits per heavy atom. The number of hydrogen-bond donors (Lipinski definition) is 1. The van der Waals surface area contributed by atoms with E-state index >= 15 is 0 Å². The van der Waals surface area contributed by atoms with Crippen molar-refractivity contribution in [2.75, 3.05) is 12.4 Å². The third-order valence-electron chi connectivity index (χ3n) is 2.53. The van der Waals surface area contributed by atoms with Crippen molar-refractivity contribution in [3.63, 3.8) is 0 Å².